The van der Waals surface area contributed by atoms with Crippen molar-refractivity contribution in [3.63, 3.8) is 0 Å². The Bertz CT molecular complexity index is 2750. The van der Waals surface area contributed by atoms with Crippen LogP contribution in [0, 0.1) is 0 Å². The zero-order valence-corrected chi connectivity index (χ0v) is 60.9. The van der Waals surface area contributed by atoms with E-state index in [4.69, 9.17) is 0 Å². The van der Waals surface area contributed by atoms with Gasteiger partial charge in [0.15, 0.2) is 0 Å². The Morgan fingerprint density at radius 2 is 0.562 bits per heavy atom. The second kappa shape index (κ2) is 44.9. The van der Waals surface area contributed by atoms with Gasteiger partial charge in [-0.3, -0.25) is 24.4 Å². The smallest absolute Gasteiger partial charge is 0.328 e. The molecule has 15 amide bonds. The van der Waals surface area contributed by atoms with Crippen LogP contribution in [0.15, 0.2) is 152 Å². The first-order chi connectivity index (χ1) is 45.7. The van der Waals surface area contributed by atoms with E-state index in [0.717, 1.165) is 113 Å². The predicted octanol–water partition coefficient (Wildman–Crippen LogP) is 11.8. The zero-order chi connectivity index (χ0) is 71.9. The number of nitrogens with zero attached hydrogens (tertiary/aromatic N) is 15. The summed E-state index contributed by atoms with van der Waals surface area (Å²) in [7, 11) is 24.8. The lowest BCUT2D eigenvalue weighted by atomic mass is 10.2. The van der Waals surface area contributed by atoms with E-state index >= 15 is 0 Å². The van der Waals surface area contributed by atoms with E-state index in [0.29, 0.717) is 0 Å². The Morgan fingerprint density at radius 1 is 0.312 bits per heavy atom. The second-order valence-corrected chi connectivity index (χ2v) is 23.7. The van der Waals surface area contributed by atoms with Crippen molar-refractivity contribution in [2.24, 2.45) is 0 Å². The zero-order valence-electron chi connectivity index (χ0n) is 60.9. The van der Waals surface area contributed by atoms with Gasteiger partial charge in [-0.15, -0.1) is 0 Å². The lowest BCUT2D eigenvalue weighted by Crippen LogP contribution is -2.44. The van der Waals surface area contributed by atoms with Gasteiger partial charge in [0.2, 0.25) is 0 Å². The highest BCUT2D eigenvalue weighted by molar-refractivity contribution is 6.03. The topological polar surface area (TPSA) is 185 Å². The molecule has 5 aromatic rings. The van der Waals surface area contributed by atoms with Crippen LogP contribution in [-0.2, 0) is 0 Å². The van der Waals surface area contributed by atoms with Gasteiger partial charge in [0.25, 0.3) is 5.91 Å². The molecule has 4 aliphatic rings. The molecule has 0 aliphatic carbocycles. The molecule has 528 valence electrons. The molecular weight excluding hydrogens is 1210 g/mol. The predicted molar refractivity (Wildman–Crippen MR) is 392 cm³/mol. The summed E-state index contributed by atoms with van der Waals surface area (Å²) in [5, 5.41) is 0. The van der Waals surface area contributed by atoms with E-state index in [-0.39, 0.29) is 48.1 Å². The summed E-state index contributed by atoms with van der Waals surface area (Å²) in [6, 6.07) is 48.2. The highest BCUT2D eigenvalue weighted by atomic mass is 16.2. The number of hydrogen-bond acceptors (Lipinski definition) is 8. The van der Waals surface area contributed by atoms with Gasteiger partial charge in [-0.2, -0.15) is 0 Å². The molecule has 0 aromatic heterocycles. The fraction of sp³-hybridized carbons (Fsp3) is 0.479. The molecule has 5 aromatic carbocycles. The van der Waals surface area contributed by atoms with Crippen molar-refractivity contribution in [2.75, 3.05) is 197 Å². The first-order valence-electron chi connectivity index (χ1n) is 33.1. The average molecular weight is 1330 g/mol. The Labute approximate surface area is 574 Å². The minimum Gasteiger partial charge on any atom is -0.345 e. The Balaban J connectivity index is 0.000000380. The van der Waals surface area contributed by atoms with Gasteiger partial charge in [0.05, 0.1) is 0 Å². The van der Waals surface area contributed by atoms with Crippen LogP contribution in [0.1, 0.15) is 70.2 Å². The van der Waals surface area contributed by atoms with Crippen LogP contribution in [0.5, 0.6) is 0 Å². The molecule has 0 saturated carbocycles. The molecule has 4 heterocycles. The van der Waals surface area contributed by atoms with Gasteiger partial charge < -0.3 is 53.9 Å². The van der Waals surface area contributed by atoms with E-state index in [1.165, 1.54) is 35.5 Å². The van der Waals surface area contributed by atoms with Crippen LogP contribution >= 0.6 is 0 Å². The summed E-state index contributed by atoms with van der Waals surface area (Å²) >= 11 is 0. The van der Waals surface area contributed by atoms with Crippen molar-refractivity contribution >= 4 is 70.9 Å². The lowest BCUT2D eigenvalue weighted by Gasteiger charge is -2.30. The standard InChI is InChI=1S/2C15H16N2O.C9H16N2O.C9H20N2O.C9H11NO.C6H12N2O.C5H10N2O.C5H12N2O/c2*1-16(13-9-5-3-6-10-13)15(18)17(2)14-11-7-4-8-12-14;12-9(10-5-1-2-6-10)11-7-3-4-8-11;1-5-10(6-2)9(12)11(7-3)8-4;1-10(2)9(11)8-6-4-3-5-7-8;1-7-4-3-5-8(2)6(7)9;1-6-3-4-7(2)5(6)8;1-6(2)5(8)7(3)4/h2*3-12H,1-2H3;1-8H2;5-8H2,1-4H3;3-7H,1-2H3;3-5H2,1-2H3;3-4H2,1-2H3;1-4H3. The number of rotatable bonds is 9. The van der Waals surface area contributed by atoms with E-state index < -0.39 is 0 Å². The molecule has 4 saturated heterocycles. The molecule has 4 fully saturated rings. The van der Waals surface area contributed by atoms with Crippen molar-refractivity contribution in [3.8, 4) is 0 Å². The summed E-state index contributed by atoms with van der Waals surface area (Å²) in [4.78, 5) is 117. The SMILES string of the molecule is CCN(CC)C(=O)N(CC)CC.CN(C(=O)N(C)c1ccccc1)c1ccccc1.CN(C(=O)N(C)c1ccccc1)c1ccccc1.CN(C)C(=O)N(C)C.CN(C)C(=O)c1ccccc1.CN1CCCN(C)C1=O.CN1CCN(C)C1=O.O=C(N1CCCC1)N1CCCC1. The number of para-hydroxylation sites is 4. The summed E-state index contributed by atoms with van der Waals surface area (Å²) < 4.78 is 0. The molecule has 0 spiro atoms. The molecule has 96 heavy (non-hydrogen) atoms. The summed E-state index contributed by atoms with van der Waals surface area (Å²) in [5.41, 5.74) is 4.25. The first-order valence-corrected chi connectivity index (χ1v) is 33.1. The largest absolute Gasteiger partial charge is 0.345 e. The molecule has 23 nitrogen and oxygen atoms in total. The molecule has 0 radical (unpaired) electrons. The van der Waals surface area contributed by atoms with Crippen molar-refractivity contribution in [3.05, 3.63) is 157 Å². The summed E-state index contributed by atoms with van der Waals surface area (Å²) in [5.74, 6) is 0.0469. The average Bonchev–Trinajstić information content (AvgIpc) is 1.18. The van der Waals surface area contributed by atoms with Crippen LogP contribution in [0.3, 0.4) is 0 Å². The maximum absolute atomic E-state index is 12.3. The number of carbonyl (C=O) groups is 8. The van der Waals surface area contributed by atoms with E-state index in [1.54, 1.807) is 115 Å². The van der Waals surface area contributed by atoms with Crippen molar-refractivity contribution in [1.82, 2.24) is 53.9 Å². The molecule has 9 rings (SSSR count). The third kappa shape index (κ3) is 28.6. The first kappa shape index (κ1) is 82.6. The minimum absolute atomic E-state index is 0.0185. The maximum Gasteiger partial charge on any atom is 0.328 e. The van der Waals surface area contributed by atoms with Gasteiger partial charge in [-0.05, 0) is 120 Å². The highest BCUT2D eigenvalue weighted by Crippen LogP contribution is 2.20. The van der Waals surface area contributed by atoms with Crippen molar-refractivity contribution < 1.29 is 38.4 Å². The van der Waals surface area contributed by atoms with Gasteiger partial charge >= 0.3 is 42.2 Å². The molecule has 0 bridgehead atoms. The number of amides is 15. The lowest BCUT2D eigenvalue weighted by molar-refractivity contribution is 0.0827. The number of likely N-dealkylation sites (N-methyl/N-ethyl adjacent to an activating group) is 2. The Morgan fingerprint density at radius 3 is 0.771 bits per heavy atom. The van der Waals surface area contributed by atoms with Gasteiger partial charge in [-0.1, -0.05) is 91.0 Å². The van der Waals surface area contributed by atoms with Crippen molar-refractivity contribution in [1.29, 1.82) is 0 Å². The molecule has 0 N–H and O–H groups in total. The quantitative estimate of drug-likeness (QED) is 0.139. The molecule has 0 atom stereocenters. The van der Waals surface area contributed by atoms with Gasteiger partial charge in [-0.25, -0.2) is 33.6 Å². The fourth-order valence-corrected chi connectivity index (χ4v) is 9.75. The highest BCUT2D eigenvalue weighted by Gasteiger charge is 2.26. The molecule has 23 heteroatoms. The normalized spacial score (nSPS) is 13.3. The van der Waals surface area contributed by atoms with E-state index in [1.807, 2.05) is 227 Å². The molecule has 4 aliphatic heterocycles. The van der Waals surface area contributed by atoms with Crippen LogP contribution in [-0.4, -0.2) is 279 Å². The third-order valence-corrected chi connectivity index (χ3v) is 15.8. The molecular formula is C73H113N15O8. The number of hydrogen-bond donors (Lipinski definition) is 0. The van der Waals surface area contributed by atoms with Crippen molar-refractivity contribution in [2.45, 2.75) is 59.8 Å². The van der Waals surface area contributed by atoms with Gasteiger partial charge in [0, 0.05) is 206 Å². The maximum atomic E-state index is 12.3. The van der Waals surface area contributed by atoms with E-state index in [9.17, 15) is 38.4 Å². The number of likely N-dealkylation sites (tertiary alicyclic amines) is 2. The van der Waals surface area contributed by atoms with E-state index in [2.05, 4.69) is 0 Å². The summed E-state index contributed by atoms with van der Waals surface area (Å²) in [6.45, 7) is 18.7. The fourth-order valence-electron chi connectivity index (χ4n) is 9.75. The number of urea groups is 7. The number of carbonyl (C=O) groups excluding carboxylic acids is 8. The minimum atomic E-state index is -0.0626. The number of anilines is 4. The van der Waals surface area contributed by atoms with Crippen LogP contribution in [0.2, 0.25) is 0 Å². The second-order valence-electron chi connectivity index (χ2n) is 23.7. The van der Waals surface area contributed by atoms with Crippen LogP contribution < -0.4 is 19.6 Å². The Kier molecular flexibility index (Phi) is 38.7. The molecule has 0 unspecified atom stereocenters. The van der Waals surface area contributed by atoms with Crippen LogP contribution in [0.25, 0.3) is 0 Å². The number of benzene rings is 5. The van der Waals surface area contributed by atoms with Gasteiger partial charge in [0.1, 0.15) is 0 Å². The third-order valence-electron chi connectivity index (χ3n) is 15.8. The monoisotopic (exact) mass is 1330 g/mol. The van der Waals surface area contributed by atoms with Crippen LogP contribution in [0.4, 0.5) is 56.3 Å². The summed E-state index contributed by atoms with van der Waals surface area (Å²) in [6.07, 6.45) is 5.87. The Hall–Kier alpha value is -9.54.